The zero-order valence-corrected chi connectivity index (χ0v) is 16.6. The van der Waals surface area contributed by atoms with Gasteiger partial charge in [0.2, 0.25) is 0 Å². The first kappa shape index (κ1) is 21.3. The second-order valence-corrected chi connectivity index (χ2v) is 6.06. The summed E-state index contributed by atoms with van der Waals surface area (Å²) >= 11 is 0.250. The largest absolute Gasteiger partial charge is 1.00 e. The monoisotopic (exact) mass is 400 g/mol. The van der Waals surface area contributed by atoms with Crippen LogP contribution in [0.5, 0.6) is 0 Å². The van der Waals surface area contributed by atoms with Gasteiger partial charge in [-0.3, -0.25) is 19.2 Å². The summed E-state index contributed by atoms with van der Waals surface area (Å²) in [5.74, 6) is -3.88. The predicted octanol–water partition coefficient (Wildman–Crippen LogP) is -3.74. The Labute approximate surface area is 178 Å². The Morgan fingerprint density at radius 3 is 2.44 bits per heavy atom. The molecule has 12 heteroatoms. The maximum Gasteiger partial charge on any atom is 1.00 e. The van der Waals surface area contributed by atoms with E-state index in [1.54, 1.807) is 0 Å². The molecule has 1 fully saturated rings. The molecule has 1 unspecified atom stereocenters. The molecule has 27 heavy (non-hydrogen) atoms. The van der Waals surface area contributed by atoms with E-state index in [1.807, 2.05) is 0 Å². The van der Waals surface area contributed by atoms with Gasteiger partial charge in [0.25, 0.3) is 23.6 Å². The third kappa shape index (κ3) is 4.29. The molecular weight excluding hydrogens is 391 g/mol. The first-order chi connectivity index (χ1) is 12.4. The fraction of sp³-hybridized carbons (Fsp3) is 0.133. The summed E-state index contributed by atoms with van der Waals surface area (Å²) in [5.41, 5.74) is 0.0403. The molecule has 2 aliphatic rings. The number of hydroxylamine groups is 2. The van der Waals surface area contributed by atoms with E-state index in [1.165, 1.54) is 24.3 Å². The van der Waals surface area contributed by atoms with Crippen molar-refractivity contribution in [3.8, 4) is 0 Å². The zero-order chi connectivity index (χ0) is 18.8. The maximum absolute atomic E-state index is 12.2. The van der Waals surface area contributed by atoms with Crippen molar-refractivity contribution < 1.29 is 68.0 Å². The normalized spacial score (nSPS) is 18.9. The van der Waals surface area contributed by atoms with Crippen molar-refractivity contribution >= 4 is 47.3 Å². The van der Waals surface area contributed by atoms with E-state index in [-0.39, 0.29) is 64.3 Å². The minimum absolute atomic E-state index is 0. The minimum atomic E-state index is -1.09. The second-order valence-electron chi connectivity index (χ2n) is 5.16. The van der Waals surface area contributed by atoms with Gasteiger partial charge in [-0.05, 0) is 30.2 Å². The van der Waals surface area contributed by atoms with Crippen molar-refractivity contribution in [2.24, 2.45) is 0 Å². The summed E-state index contributed by atoms with van der Waals surface area (Å²) in [7, 11) is 0. The molecule has 0 N–H and O–H groups in total. The topological polar surface area (TPSA) is 133 Å². The van der Waals surface area contributed by atoms with Crippen LogP contribution >= 0.6 is 12.0 Å². The Balaban J connectivity index is 0.00000261. The summed E-state index contributed by atoms with van der Waals surface area (Å²) in [6, 6.07) is 5.37. The van der Waals surface area contributed by atoms with E-state index >= 15 is 0 Å². The quantitative estimate of drug-likeness (QED) is 0.161. The number of amides is 4. The van der Waals surface area contributed by atoms with E-state index < -0.39 is 34.8 Å². The molecule has 0 aliphatic carbocycles. The van der Waals surface area contributed by atoms with Gasteiger partial charge in [0, 0.05) is 12.2 Å². The first-order valence-electron chi connectivity index (χ1n) is 7.13. The number of hydrogen-bond donors (Lipinski definition) is 0. The molecule has 134 valence electrons. The van der Waals surface area contributed by atoms with E-state index in [0.717, 1.165) is 17.1 Å². The molecule has 1 aromatic carbocycles. The number of anilines is 1. The molecule has 2 aliphatic heterocycles. The molecule has 0 radical (unpaired) electrons. The van der Waals surface area contributed by atoms with E-state index in [9.17, 15) is 29.2 Å². The van der Waals surface area contributed by atoms with Crippen molar-refractivity contribution in [1.29, 1.82) is 0 Å². The van der Waals surface area contributed by atoms with Crippen molar-refractivity contribution in [1.82, 2.24) is 5.06 Å². The number of nitrogens with zero attached hydrogens (tertiary/aromatic N) is 2. The second kappa shape index (κ2) is 8.78. The number of rotatable bonds is 5. The van der Waals surface area contributed by atoms with E-state index in [0.29, 0.717) is 0 Å². The standard InChI is InChI=1S/C15H10N2O8S.Na/c18-11-4-5-12(19)16(11)9-3-1-2-8(6-9)15(22)24-17-13(20)7-10(14(17)21)26-25-23;/h1-6,10,23H,7H2;/q;+1/p-1. The van der Waals surface area contributed by atoms with Crippen LogP contribution in [-0.2, 0) is 28.3 Å². The average molecular weight is 400 g/mol. The van der Waals surface area contributed by atoms with Gasteiger partial charge in [-0.2, -0.15) is 0 Å². The summed E-state index contributed by atoms with van der Waals surface area (Å²) in [4.78, 5) is 64.9. The molecular formula is C15H9N2NaO8S. The van der Waals surface area contributed by atoms with Gasteiger partial charge in [0.05, 0.1) is 17.7 Å². The van der Waals surface area contributed by atoms with Crippen LogP contribution in [0.25, 0.3) is 0 Å². The van der Waals surface area contributed by atoms with Crippen molar-refractivity contribution in [3.63, 3.8) is 0 Å². The van der Waals surface area contributed by atoms with Crippen LogP contribution in [0.15, 0.2) is 36.4 Å². The SMILES string of the molecule is O=C(ON1C(=O)CC(SO[O-])C1=O)c1cccc(N2C(=O)C=CC2=O)c1.[Na+]. The van der Waals surface area contributed by atoms with Crippen molar-refractivity contribution in [2.75, 3.05) is 4.90 Å². The number of carbonyl (C=O) groups excluding carboxylic acids is 5. The van der Waals surface area contributed by atoms with Crippen LogP contribution in [0.2, 0.25) is 0 Å². The van der Waals surface area contributed by atoms with Gasteiger partial charge in [-0.25, -0.2) is 9.69 Å². The first-order valence-corrected chi connectivity index (χ1v) is 7.93. The molecule has 4 amide bonds. The summed E-state index contributed by atoms with van der Waals surface area (Å²) in [5, 5.41) is 9.28. The number of benzene rings is 1. The Morgan fingerprint density at radius 2 is 1.81 bits per heavy atom. The van der Waals surface area contributed by atoms with Crippen LogP contribution in [-0.4, -0.2) is 39.9 Å². The van der Waals surface area contributed by atoms with Gasteiger partial charge >= 0.3 is 35.5 Å². The van der Waals surface area contributed by atoms with E-state index in [2.05, 4.69) is 4.33 Å². The Hall–Kier alpha value is -2.02. The zero-order valence-electron chi connectivity index (χ0n) is 13.8. The fourth-order valence-electron chi connectivity index (χ4n) is 2.36. The summed E-state index contributed by atoms with van der Waals surface area (Å²) in [6.07, 6.45) is 1.83. The molecule has 2 heterocycles. The van der Waals surface area contributed by atoms with Crippen molar-refractivity contribution in [2.45, 2.75) is 11.7 Å². The Bertz CT molecular complexity index is 840. The molecule has 1 aromatic rings. The maximum atomic E-state index is 12.2. The third-order valence-corrected chi connectivity index (χ3v) is 4.22. The van der Waals surface area contributed by atoms with Gasteiger partial charge in [0.1, 0.15) is 5.25 Å². The molecule has 10 nitrogen and oxygen atoms in total. The Kier molecular flexibility index (Phi) is 6.92. The number of carbonyl (C=O) groups is 5. The van der Waals surface area contributed by atoms with Crippen LogP contribution in [0.3, 0.4) is 0 Å². The van der Waals surface area contributed by atoms with Crippen LogP contribution < -0.4 is 39.7 Å². The molecule has 1 atom stereocenters. The molecule has 0 bridgehead atoms. The van der Waals surface area contributed by atoms with Gasteiger partial charge in [0.15, 0.2) is 0 Å². The molecule has 3 rings (SSSR count). The molecule has 0 saturated carbocycles. The predicted molar refractivity (Wildman–Crippen MR) is 82.4 cm³/mol. The van der Waals surface area contributed by atoms with Gasteiger partial charge in [-0.15, -0.1) is 5.06 Å². The van der Waals surface area contributed by atoms with Gasteiger partial charge < -0.3 is 14.4 Å². The van der Waals surface area contributed by atoms with Crippen molar-refractivity contribution in [3.05, 3.63) is 42.0 Å². The van der Waals surface area contributed by atoms with Crippen LogP contribution in [0.4, 0.5) is 5.69 Å². The van der Waals surface area contributed by atoms with Crippen LogP contribution in [0.1, 0.15) is 16.8 Å². The summed E-state index contributed by atoms with van der Waals surface area (Å²) in [6.45, 7) is 0. The fourth-order valence-corrected chi connectivity index (χ4v) is 2.85. The smallest absolute Gasteiger partial charge is 0.711 e. The third-order valence-electron chi connectivity index (χ3n) is 3.54. The molecule has 1 saturated heterocycles. The number of hydrogen-bond acceptors (Lipinski definition) is 9. The van der Waals surface area contributed by atoms with E-state index in [4.69, 9.17) is 4.84 Å². The molecule has 0 spiro atoms. The Morgan fingerprint density at radius 1 is 1.15 bits per heavy atom. The average Bonchev–Trinajstić information content (AvgIpc) is 3.09. The van der Waals surface area contributed by atoms with Gasteiger partial charge in [-0.1, -0.05) is 6.07 Å². The van der Waals surface area contributed by atoms with Crippen LogP contribution in [0, 0.1) is 0 Å². The minimum Gasteiger partial charge on any atom is -0.711 e. The number of imide groups is 2. The summed E-state index contributed by atoms with van der Waals surface area (Å²) < 4.78 is 3.53. The molecule has 0 aromatic heterocycles.